The van der Waals surface area contributed by atoms with Crippen LogP contribution in [0.4, 0.5) is 8.78 Å². The van der Waals surface area contributed by atoms with E-state index in [9.17, 15) is 23.5 Å². The van der Waals surface area contributed by atoms with Gasteiger partial charge in [-0.25, -0.2) is 13.6 Å². The number of piperidine rings is 1. The lowest BCUT2D eigenvalue weighted by molar-refractivity contribution is -0.225. The van der Waals surface area contributed by atoms with E-state index >= 15 is 0 Å². The molecule has 0 aromatic heterocycles. The lowest BCUT2D eigenvalue weighted by Crippen LogP contribution is -2.65. The first kappa shape index (κ1) is 37.8. The Kier molecular flexibility index (Phi) is 9.48. The van der Waals surface area contributed by atoms with Crippen molar-refractivity contribution < 1.29 is 23.5 Å². The highest BCUT2D eigenvalue weighted by atomic mass is 19.3. The summed E-state index contributed by atoms with van der Waals surface area (Å²) in [5, 5.41) is 13.2. The molecule has 6 aliphatic rings. The normalized spacial score (nSPS) is 40.4. The van der Waals surface area contributed by atoms with Crippen molar-refractivity contribution in [2.45, 2.75) is 125 Å². The van der Waals surface area contributed by atoms with E-state index in [-0.39, 0.29) is 58.9 Å². The molecule has 0 bridgehead atoms. The van der Waals surface area contributed by atoms with Crippen LogP contribution in [0.25, 0.3) is 5.57 Å². The second-order valence-electron chi connectivity index (χ2n) is 19.6. The Hall–Kier alpha value is -2.54. The first-order valence-corrected chi connectivity index (χ1v) is 20.4. The fourth-order valence-corrected chi connectivity index (χ4v) is 14.3. The third kappa shape index (κ3) is 5.84. The molecular weight excluding hydrogens is 655 g/mol. The average molecular weight is 719 g/mol. The number of aromatic carboxylic acids is 1. The van der Waals surface area contributed by atoms with Crippen molar-refractivity contribution >= 4 is 17.4 Å². The van der Waals surface area contributed by atoms with Crippen LogP contribution in [0.2, 0.25) is 0 Å². The Morgan fingerprint density at radius 3 is 2.23 bits per heavy atom. The molecule has 7 rings (SSSR count). The minimum absolute atomic E-state index is 0.00111. The number of likely N-dealkylation sites (tertiary alicyclic amines) is 1. The van der Waals surface area contributed by atoms with Crippen LogP contribution in [-0.4, -0.2) is 54.0 Å². The van der Waals surface area contributed by atoms with E-state index in [2.05, 4.69) is 59.5 Å². The number of benzene rings is 1. The summed E-state index contributed by atoms with van der Waals surface area (Å²) in [6, 6.07) is 7.53. The highest BCUT2D eigenvalue weighted by Crippen LogP contribution is 2.77. The standard InChI is InChI=1S/C45H64F2N2O3/c1-29(2)32-14-20-44(28-48-25-17-37(50)49-26-23-45(46,47)24-27-49)22-21-42(6)34(38(32)44)12-13-36-41(5)18-15-33(30-8-10-31(11-9-30)39(51)52)40(3,4)35(41)16-19-43(36,42)7/h8-11,15,32,34-36,38,48H,1,12-14,16-28H2,2-7H3,(H,51,52)/t32-,34+,35-,36+,38+,41-,42+,43+,44+/m0/s1. The number of carbonyl (C=O) groups is 2. The van der Waals surface area contributed by atoms with Crippen molar-refractivity contribution in [1.82, 2.24) is 10.2 Å². The van der Waals surface area contributed by atoms with Gasteiger partial charge in [0.05, 0.1) is 5.56 Å². The molecule has 5 fully saturated rings. The van der Waals surface area contributed by atoms with E-state index in [4.69, 9.17) is 0 Å². The summed E-state index contributed by atoms with van der Waals surface area (Å²) in [5.74, 6) is -0.566. The molecule has 1 aromatic carbocycles. The van der Waals surface area contributed by atoms with Crippen LogP contribution >= 0.6 is 0 Å². The summed E-state index contributed by atoms with van der Waals surface area (Å²) in [4.78, 5) is 26.1. The first-order valence-electron chi connectivity index (χ1n) is 20.4. The number of nitrogens with one attached hydrogen (secondary N) is 1. The number of fused-ring (bicyclic) bond motifs is 7. The molecule has 1 aliphatic heterocycles. The van der Waals surface area contributed by atoms with E-state index in [0.29, 0.717) is 48.1 Å². The fourth-order valence-electron chi connectivity index (χ4n) is 14.3. The van der Waals surface area contributed by atoms with Crippen LogP contribution in [0, 0.1) is 56.7 Å². The van der Waals surface area contributed by atoms with Crippen molar-refractivity contribution in [3.63, 3.8) is 0 Å². The van der Waals surface area contributed by atoms with E-state index in [1.54, 1.807) is 17.0 Å². The molecule has 5 aliphatic carbocycles. The van der Waals surface area contributed by atoms with Gasteiger partial charge in [0.1, 0.15) is 0 Å². The van der Waals surface area contributed by atoms with Gasteiger partial charge in [-0.05, 0) is 145 Å². The number of alkyl halides is 2. The summed E-state index contributed by atoms with van der Waals surface area (Å²) < 4.78 is 27.4. The second-order valence-corrected chi connectivity index (χ2v) is 19.6. The molecule has 52 heavy (non-hydrogen) atoms. The highest BCUT2D eigenvalue weighted by Gasteiger charge is 2.70. The first-order chi connectivity index (χ1) is 24.4. The van der Waals surface area contributed by atoms with Gasteiger partial charge in [0.2, 0.25) is 5.91 Å². The lowest BCUT2D eigenvalue weighted by atomic mass is 9.32. The van der Waals surface area contributed by atoms with Crippen molar-refractivity contribution in [3.8, 4) is 0 Å². The zero-order valence-corrected chi connectivity index (χ0v) is 32.8. The number of allylic oxidation sites excluding steroid dienone is 3. The van der Waals surface area contributed by atoms with Gasteiger partial charge in [-0.1, -0.05) is 65.0 Å². The topological polar surface area (TPSA) is 69.6 Å². The van der Waals surface area contributed by atoms with Crippen LogP contribution in [0.15, 0.2) is 42.5 Å². The van der Waals surface area contributed by atoms with E-state index in [1.165, 1.54) is 62.5 Å². The molecule has 0 radical (unpaired) electrons. The molecule has 9 atom stereocenters. The van der Waals surface area contributed by atoms with Crippen molar-refractivity contribution in [2.75, 3.05) is 26.2 Å². The molecule has 0 spiro atoms. The Morgan fingerprint density at radius 2 is 1.58 bits per heavy atom. The Bertz CT molecular complexity index is 1610. The molecular formula is C45H64F2N2O3. The predicted octanol–water partition coefficient (Wildman–Crippen LogP) is 10.3. The molecule has 7 heteroatoms. The van der Waals surface area contributed by atoms with Crippen molar-refractivity contribution in [2.24, 2.45) is 56.7 Å². The molecule has 4 saturated carbocycles. The van der Waals surface area contributed by atoms with Gasteiger partial charge in [0.25, 0.3) is 5.92 Å². The maximum absolute atomic E-state index is 13.7. The van der Waals surface area contributed by atoms with Crippen LogP contribution in [0.3, 0.4) is 0 Å². The number of carbonyl (C=O) groups excluding carboxylic acids is 1. The van der Waals surface area contributed by atoms with Gasteiger partial charge in [0.15, 0.2) is 0 Å². The highest BCUT2D eigenvalue weighted by molar-refractivity contribution is 5.88. The summed E-state index contributed by atoms with van der Waals surface area (Å²) >= 11 is 0. The van der Waals surface area contributed by atoms with Crippen LogP contribution in [-0.2, 0) is 4.79 Å². The monoisotopic (exact) mass is 718 g/mol. The van der Waals surface area contributed by atoms with Gasteiger partial charge in [-0.2, -0.15) is 0 Å². The van der Waals surface area contributed by atoms with Gasteiger partial charge in [0, 0.05) is 45.4 Å². The van der Waals surface area contributed by atoms with E-state index < -0.39 is 11.9 Å². The number of hydrogen-bond donors (Lipinski definition) is 2. The number of amides is 1. The molecule has 2 N–H and O–H groups in total. The summed E-state index contributed by atoms with van der Waals surface area (Å²) in [5.41, 5.74) is 5.07. The zero-order valence-electron chi connectivity index (χ0n) is 32.8. The Morgan fingerprint density at radius 1 is 0.885 bits per heavy atom. The molecule has 1 amide bonds. The predicted molar refractivity (Wildman–Crippen MR) is 204 cm³/mol. The van der Waals surface area contributed by atoms with Crippen molar-refractivity contribution in [1.29, 1.82) is 0 Å². The van der Waals surface area contributed by atoms with Gasteiger partial charge in [-0.15, -0.1) is 0 Å². The third-order valence-corrected chi connectivity index (χ3v) is 17.1. The van der Waals surface area contributed by atoms with E-state index in [1.807, 2.05) is 12.1 Å². The molecule has 286 valence electrons. The second kappa shape index (κ2) is 13.0. The number of carboxylic acids is 1. The van der Waals surface area contributed by atoms with E-state index in [0.717, 1.165) is 18.5 Å². The quantitative estimate of drug-likeness (QED) is 0.207. The van der Waals surface area contributed by atoms with Crippen LogP contribution in [0.1, 0.15) is 135 Å². The summed E-state index contributed by atoms with van der Waals surface area (Å²) in [7, 11) is 0. The molecule has 1 heterocycles. The van der Waals surface area contributed by atoms with Crippen molar-refractivity contribution in [3.05, 3.63) is 53.6 Å². The number of halogens is 2. The Labute approximate surface area is 311 Å². The summed E-state index contributed by atoms with van der Waals surface area (Å²) in [6.45, 7) is 21.5. The molecule has 1 saturated heterocycles. The number of carboxylic acid groups (broad SMARTS) is 1. The van der Waals surface area contributed by atoms with Gasteiger partial charge >= 0.3 is 5.97 Å². The van der Waals surface area contributed by atoms with Gasteiger partial charge in [-0.3, -0.25) is 4.79 Å². The Balaban J connectivity index is 1.10. The molecule has 0 unspecified atom stereocenters. The minimum atomic E-state index is -2.64. The maximum atomic E-state index is 13.7. The third-order valence-electron chi connectivity index (χ3n) is 17.1. The number of nitrogens with zero attached hydrogens (tertiary/aromatic N) is 1. The zero-order chi connectivity index (χ0) is 37.5. The molecule has 5 nitrogen and oxygen atoms in total. The maximum Gasteiger partial charge on any atom is 0.335 e. The van der Waals surface area contributed by atoms with Gasteiger partial charge < -0.3 is 15.3 Å². The van der Waals surface area contributed by atoms with Crippen LogP contribution in [0.5, 0.6) is 0 Å². The SMILES string of the molecule is C=C(C)[C@@H]1CC[C@]2(CNCCC(=O)N3CCC(F)(F)CC3)CC[C@]3(C)[C@H](CC[C@@H]4[C@@]5(C)CC=C(c6ccc(C(=O)O)cc6)C(C)(C)[C@@H]5CC[C@]43C)[C@@H]12. The largest absolute Gasteiger partial charge is 0.478 e. The average Bonchev–Trinajstić information content (AvgIpc) is 3.47. The van der Waals surface area contributed by atoms with Crippen LogP contribution < -0.4 is 5.32 Å². The number of rotatable bonds is 8. The lowest BCUT2D eigenvalue weighted by Gasteiger charge is -2.72. The minimum Gasteiger partial charge on any atom is -0.478 e. The fraction of sp³-hybridized carbons (Fsp3) is 0.733. The summed E-state index contributed by atoms with van der Waals surface area (Å²) in [6.07, 6.45) is 13.4. The smallest absolute Gasteiger partial charge is 0.335 e. The number of hydrogen-bond acceptors (Lipinski definition) is 3. The molecule has 1 aromatic rings.